The van der Waals surface area contributed by atoms with Gasteiger partial charge >= 0.3 is 0 Å². The maximum Gasteiger partial charge on any atom is 0.186 e. The summed E-state index contributed by atoms with van der Waals surface area (Å²) in [5.74, 6) is 0.558. The van der Waals surface area contributed by atoms with Crippen LogP contribution in [0.25, 0.3) is 11.3 Å². The summed E-state index contributed by atoms with van der Waals surface area (Å²) in [6.07, 6.45) is 1.34. The van der Waals surface area contributed by atoms with Crippen molar-refractivity contribution in [2.45, 2.75) is 27.7 Å². The lowest BCUT2D eigenvalue weighted by Gasteiger charge is -2.06. The highest BCUT2D eigenvalue weighted by Gasteiger charge is 2.17. The number of rotatable bonds is 6. The van der Waals surface area contributed by atoms with Crippen molar-refractivity contribution >= 4 is 46.1 Å². The second-order valence-electron chi connectivity index (χ2n) is 5.84. The Bertz CT molecular complexity index is 877. The first kappa shape index (κ1) is 24.2. The van der Waals surface area contributed by atoms with Gasteiger partial charge in [-0.25, -0.2) is 4.98 Å². The van der Waals surface area contributed by atoms with Crippen LogP contribution in [0, 0.1) is 12.3 Å². The molecule has 0 spiro atoms. The van der Waals surface area contributed by atoms with Crippen LogP contribution >= 0.6 is 24.4 Å². The number of hydrazone groups is 1. The first-order valence-corrected chi connectivity index (χ1v) is 9.82. The summed E-state index contributed by atoms with van der Waals surface area (Å²) >= 11 is 9.50. The van der Waals surface area contributed by atoms with Crippen LogP contribution in [0.2, 0.25) is 0 Å². The van der Waals surface area contributed by atoms with E-state index in [0.29, 0.717) is 33.9 Å². The molecule has 1 heterocycles. The van der Waals surface area contributed by atoms with E-state index in [2.05, 4.69) is 38.4 Å². The normalized spacial score (nSPS) is 10.4. The third kappa shape index (κ3) is 8.36. The topological polar surface area (TPSA) is 124 Å². The van der Waals surface area contributed by atoms with Gasteiger partial charge in [0.2, 0.25) is 0 Å². The number of hydrogen-bond acceptors (Lipinski definition) is 6. The third-order valence-corrected chi connectivity index (χ3v) is 3.84. The number of nitrogens with zero attached hydrogens (tertiary/aromatic N) is 2. The van der Waals surface area contributed by atoms with Crippen LogP contribution in [-0.4, -0.2) is 39.7 Å². The maximum atomic E-state index is 8.29. The number of oxazole rings is 1. The molecule has 8 nitrogen and oxygen atoms in total. The molecule has 29 heavy (non-hydrogen) atoms. The second kappa shape index (κ2) is 12.6. The van der Waals surface area contributed by atoms with Gasteiger partial charge in [-0.05, 0) is 58.2 Å². The number of thiocarbonyl (C=S) groups is 2. The minimum atomic E-state index is 0.182. The van der Waals surface area contributed by atoms with Gasteiger partial charge in [0.1, 0.15) is 11.4 Å². The average Bonchev–Trinajstić information content (AvgIpc) is 3.16. The standard InChI is InChI=1S/C16H19N5OS.C3H8N2S/c1-4-18-16(23)21-20-11(3)13(17)14-15(22-9-19-14)12-7-5-6-10(2)8-12;1-2-5-3(4)6/h5-9,17H,4H2,1-3H3,(H2,18,21,23);2H2,1H3,(H3,4,5,6)/b17-13?,20-11+;. The molecular formula is C19H27N7OS2. The molecule has 2 rings (SSSR count). The molecule has 0 saturated heterocycles. The summed E-state index contributed by atoms with van der Waals surface area (Å²) in [5.41, 5.74) is 10.8. The van der Waals surface area contributed by atoms with Crippen molar-refractivity contribution in [2.75, 3.05) is 13.1 Å². The average molecular weight is 434 g/mol. The quantitative estimate of drug-likeness (QED) is 0.268. The second-order valence-corrected chi connectivity index (χ2v) is 6.69. The minimum Gasteiger partial charge on any atom is -0.443 e. The summed E-state index contributed by atoms with van der Waals surface area (Å²) in [6, 6.07) is 7.86. The largest absolute Gasteiger partial charge is 0.443 e. The summed E-state index contributed by atoms with van der Waals surface area (Å²) < 4.78 is 5.48. The summed E-state index contributed by atoms with van der Waals surface area (Å²) in [4.78, 5) is 4.16. The molecule has 0 atom stereocenters. The van der Waals surface area contributed by atoms with E-state index >= 15 is 0 Å². The molecule has 0 fully saturated rings. The molecule has 1 aromatic heterocycles. The Morgan fingerprint density at radius 1 is 1.24 bits per heavy atom. The molecule has 0 unspecified atom stereocenters. The van der Waals surface area contributed by atoms with Crippen molar-refractivity contribution in [1.29, 1.82) is 5.41 Å². The summed E-state index contributed by atoms with van der Waals surface area (Å²) in [7, 11) is 0. The molecule has 2 aromatic rings. The molecule has 6 N–H and O–H groups in total. The van der Waals surface area contributed by atoms with E-state index in [-0.39, 0.29) is 5.71 Å². The SMILES string of the molecule is CCNC(=S)N/N=C(\C)C(=N)c1ncoc1-c1cccc(C)c1.CCNC(N)=S. The van der Waals surface area contributed by atoms with Crippen molar-refractivity contribution in [3.63, 3.8) is 0 Å². The van der Waals surface area contributed by atoms with Crippen LogP contribution in [0.5, 0.6) is 0 Å². The lowest BCUT2D eigenvalue weighted by Crippen LogP contribution is -2.32. The van der Waals surface area contributed by atoms with E-state index in [1.54, 1.807) is 6.92 Å². The third-order valence-electron chi connectivity index (χ3n) is 3.46. The number of aryl methyl sites for hydroxylation is 1. The Hall–Kier alpha value is -2.85. The molecule has 0 amide bonds. The van der Waals surface area contributed by atoms with Gasteiger partial charge in [-0.2, -0.15) is 5.10 Å². The molecule has 156 valence electrons. The highest BCUT2D eigenvalue weighted by molar-refractivity contribution is 7.80. The van der Waals surface area contributed by atoms with E-state index in [9.17, 15) is 0 Å². The number of aromatic nitrogens is 1. The summed E-state index contributed by atoms with van der Waals surface area (Å²) in [6.45, 7) is 9.13. The van der Waals surface area contributed by atoms with E-state index < -0.39 is 0 Å². The monoisotopic (exact) mass is 433 g/mol. The lowest BCUT2D eigenvalue weighted by atomic mass is 10.0. The van der Waals surface area contributed by atoms with Gasteiger partial charge in [0.05, 0.1) is 5.71 Å². The van der Waals surface area contributed by atoms with E-state index in [4.69, 9.17) is 27.8 Å². The number of hydrogen-bond donors (Lipinski definition) is 5. The molecular weight excluding hydrogens is 406 g/mol. The minimum absolute atomic E-state index is 0.182. The molecule has 0 bridgehead atoms. The van der Waals surface area contributed by atoms with Crippen molar-refractivity contribution in [3.05, 3.63) is 41.9 Å². The smallest absolute Gasteiger partial charge is 0.186 e. The van der Waals surface area contributed by atoms with Crippen molar-refractivity contribution in [2.24, 2.45) is 10.8 Å². The van der Waals surface area contributed by atoms with Gasteiger partial charge in [0.25, 0.3) is 0 Å². The fourth-order valence-electron chi connectivity index (χ4n) is 2.15. The molecule has 0 saturated carbocycles. The van der Waals surface area contributed by atoms with Crippen LogP contribution in [0.15, 0.2) is 40.2 Å². The van der Waals surface area contributed by atoms with E-state index in [1.165, 1.54) is 6.39 Å². The Morgan fingerprint density at radius 2 is 1.93 bits per heavy atom. The van der Waals surface area contributed by atoms with Crippen LogP contribution in [0.3, 0.4) is 0 Å². The zero-order valence-corrected chi connectivity index (χ0v) is 18.6. The highest BCUT2D eigenvalue weighted by Crippen LogP contribution is 2.24. The van der Waals surface area contributed by atoms with Crippen LogP contribution < -0.4 is 21.8 Å². The van der Waals surface area contributed by atoms with Gasteiger partial charge in [0.15, 0.2) is 22.4 Å². The fraction of sp³-hybridized carbons (Fsp3) is 0.316. The highest BCUT2D eigenvalue weighted by atomic mass is 32.1. The van der Waals surface area contributed by atoms with Crippen LogP contribution in [-0.2, 0) is 0 Å². The van der Waals surface area contributed by atoms with Gasteiger partial charge in [0, 0.05) is 18.7 Å². The zero-order chi connectivity index (χ0) is 21.8. The molecule has 0 radical (unpaired) electrons. The Labute approximate surface area is 181 Å². The first-order valence-electron chi connectivity index (χ1n) is 9.01. The summed E-state index contributed by atoms with van der Waals surface area (Å²) in [5, 5.41) is 18.8. The molecule has 10 heteroatoms. The Kier molecular flexibility index (Phi) is 10.5. The van der Waals surface area contributed by atoms with Crippen molar-refractivity contribution < 1.29 is 4.42 Å². The first-order chi connectivity index (χ1) is 13.8. The number of nitrogens with one attached hydrogen (secondary N) is 4. The van der Waals surface area contributed by atoms with Crippen molar-refractivity contribution in [3.8, 4) is 11.3 Å². The zero-order valence-electron chi connectivity index (χ0n) is 17.0. The molecule has 0 aliphatic rings. The predicted octanol–water partition coefficient (Wildman–Crippen LogP) is 2.72. The van der Waals surface area contributed by atoms with Crippen molar-refractivity contribution in [1.82, 2.24) is 21.0 Å². The maximum absolute atomic E-state index is 8.29. The van der Waals surface area contributed by atoms with Gasteiger partial charge < -0.3 is 20.8 Å². The molecule has 1 aromatic carbocycles. The van der Waals surface area contributed by atoms with Crippen LogP contribution in [0.4, 0.5) is 0 Å². The van der Waals surface area contributed by atoms with Crippen LogP contribution in [0.1, 0.15) is 32.0 Å². The van der Waals surface area contributed by atoms with Gasteiger partial charge in [-0.15, -0.1) is 0 Å². The molecule has 0 aliphatic carbocycles. The van der Waals surface area contributed by atoms with E-state index in [1.807, 2.05) is 45.0 Å². The lowest BCUT2D eigenvalue weighted by molar-refractivity contribution is 0.572. The fourth-order valence-corrected chi connectivity index (χ4v) is 2.49. The van der Waals surface area contributed by atoms with E-state index in [0.717, 1.165) is 17.7 Å². The predicted molar refractivity (Wildman–Crippen MR) is 126 cm³/mol. The Morgan fingerprint density at radius 3 is 2.48 bits per heavy atom. The number of benzene rings is 1. The van der Waals surface area contributed by atoms with Gasteiger partial charge in [-0.1, -0.05) is 23.8 Å². The van der Waals surface area contributed by atoms with Gasteiger partial charge in [-0.3, -0.25) is 10.8 Å². The molecule has 0 aliphatic heterocycles. The number of nitrogens with two attached hydrogens (primary N) is 1. The Balaban J connectivity index is 0.000000612.